The van der Waals surface area contributed by atoms with Crippen molar-refractivity contribution in [3.63, 3.8) is 0 Å². The first-order valence-corrected chi connectivity index (χ1v) is 8.14. The molecule has 0 unspecified atom stereocenters. The number of ether oxygens (including phenoxy) is 4. The molecule has 0 fully saturated rings. The fourth-order valence-corrected chi connectivity index (χ4v) is 1.61. The molecule has 7 heteroatoms. The Balaban J connectivity index is 5.56. The van der Waals surface area contributed by atoms with Crippen LogP contribution in [0, 0.1) is 10.8 Å². The minimum Gasteiger partial charge on any atom is -0.465 e. The number of carbonyl (C=O) groups is 3. The summed E-state index contributed by atoms with van der Waals surface area (Å²) in [5.74, 6) is -2.19. The highest BCUT2D eigenvalue weighted by atomic mass is 16.6. The van der Waals surface area contributed by atoms with Crippen LogP contribution < -0.4 is 0 Å². The quantitative estimate of drug-likeness (QED) is 0.359. The summed E-state index contributed by atoms with van der Waals surface area (Å²) in [6, 6.07) is 0. The van der Waals surface area contributed by atoms with Crippen molar-refractivity contribution in [3.05, 3.63) is 0 Å². The molecule has 0 rings (SSSR count). The second-order valence-corrected chi connectivity index (χ2v) is 6.71. The molecule has 0 saturated carbocycles. The Morgan fingerprint density at radius 3 is 1.58 bits per heavy atom. The normalized spacial score (nSPS) is 12.0. The van der Waals surface area contributed by atoms with Crippen molar-refractivity contribution < 1.29 is 33.3 Å². The standard InChI is InChI=1S/C17H30O7/c1-8-21-14(19)17(10-23-12(3)4,15(20)22-9-2)11-24-13(18)16(5,6)7/h12H,8-11H2,1-7H3. The summed E-state index contributed by atoms with van der Waals surface area (Å²) >= 11 is 0. The number of rotatable bonds is 9. The van der Waals surface area contributed by atoms with Gasteiger partial charge in [-0.2, -0.15) is 0 Å². The van der Waals surface area contributed by atoms with Crippen molar-refractivity contribution in [1.29, 1.82) is 0 Å². The average Bonchev–Trinajstić information content (AvgIpc) is 2.46. The van der Waals surface area contributed by atoms with E-state index >= 15 is 0 Å². The summed E-state index contributed by atoms with van der Waals surface area (Å²) in [7, 11) is 0. The number of esters is 3. The molecule has 0 spiro atoms. The van der Waals surface area contributed by atoms with Gasteiger partial charge < -0.3 is 18.9 Å². The van der Waals surface area contributed by atoms with Crippen LogP contribution in [0.4, 0.5) is 0 Å². The Kier molecular flexibility index (Phi) is 8.96. The van der Waals surface area contributed by atoms with E-state index in [9.17, 15) is 14.4 Å². The van der Waals surface area contributed by atoms with Crippen LogP contribution in [0.1, 0.15) is 48.5 Å². The van der Waals surface area contributed by atoms with E-state index in [1.54, 1.807) is 48.5 Å². The van der Waals surface area contributed by atoms with Crippen LogP contribution in [0.3, 0.4) is 0 Å². The fraction of sp³-hybridized carbons (Fsp3) is 0.824. The predicted molar refractivity (Wildman–Crippen MR) is 87.2 cm³/mol. The van der Waals surface area contributed by atoms with Crippen LogP contribution in [0.2, 0.25) is 0 Å². The Labute approximate surface area is 144 Å². The Morgan fingerprint density at radius 2 is 1.25 bits per heavy atom. The van der Waals surface area contributed by atoms with Crippen LogP contribution in [-0.4, -0.2) is 50.4 Å². The van der Waals surface area contributed by atoms with Crippen molar-refractivity contribution in [2.75, 3.05) is 26.4 Å². The van der Waals surface area contributed by atoms with Gasteiger partial charge in [0, 0.05) is 0 Å². The topological polar surface area (TPSA) is 88.1 Å². The Morgan fingerprint density at radius 1 is 0.792 bits per heavy atom. The van der Waals surface area contributed by atoms with Gasteiger partial charge in [0.05, 0.1) is 31.3 Å². The molecule has 0 N–H and O–H groups in total. The molecule has 0 saturated heterocycles. The minimum absolute atomic E-state index is 0.0783. The number of hydrogen-bond acceptors (Lipinski definition) is 7. The van der Waals surface area contributed by atoms with Crippen LogP contribution in [-0.2, 0) is 33.3 Å². The highest BCUT2D eigenvalue weighted by Gasteiger charge is 2.51. The number of carbonyl (C=O) groups excluding carboxylic acids is 3. The van der Waals surface area contributed by atoms with Crippen LogP contribution in [0.5, 0.6) is 0 Å². The van der Waals surface area contributed by atoms with Crippen molar-refractivity contribution in [2.45, 2.75) is 54.6 Å². The van der Waals surface area contributed by atoms with Gasteiger partial charge in [-0.3, -0.25) is 14.4 Å². The molecule has 0 bridgehead atoms. The molecule has 0 atom stereocenters. The molecule has 0 aromatic carbocycles. The highest BCUT2D eigenvalue weighted by molar-refractivity contribution is 6.00. The van der Waals surface area contributed by atoms with Gasteiger partial charge in [-0.25, -0.2) is 0 Å². The monoisotopic (exact) mass is 346 g/mol. The smallest absolute Gasteiger partial charge is 0.329 e. The van der Waals surface area contributed by atoms with Gasteiger partial charge in [0.15, 0.2) is 0 Å². The van der Waals surface area contributed by atoms with Crippen molar-refractivity contribution in [2.24, 2.45) is 10.8 Å². The molecular formula is C17H30O7. The third-order valence-electron chi connectivity index (χ3n) is 3.06. The zero-order valence-corrected chi connectivity index (χ0v) is 15.8. The largest absolute Gasteiger partial charge is 0.465 e. The highest BCUT2D eigenvalue weighted by Crippen LogP contribution is 2.26. The van der Waals surface area contributed by atoms with E-state index in [1.807, 2.05) is 0 Å². The van der Waals surface area contributed by atoms with Gasteiger partial charge in [0.2, 0.25) is 5.41 Å². The van der Waals surface area contributed by atoms with Gasteiger partial charge in [0.1, 0.15) is 6.61 Å². The number of hydrogen-bond donors (Lipinski definition) is 0. The molecule has 24 heavy (non-hydrogen) atoms. The third kappa shape index (κ3) is 6.47. The average molecular weight is 346 g/mol. The first-order chi connectivity index (χ1) is 11.0. The Bertz CT molecular complexity index is 417. The lowest BCUT2D eigenvalue weighted by Crippen LogP contribution is -2.50. The molecule has 140 valence electrons. The fourth-order valence-electron chi connectivity index (χ4n) is 1.61. The lowest BCUT2D eigenvalue weighted by atomic mass is 9.89. The van der Waals surface area contributed by atoms with E-state index in [1.165, 1.54) is 0 Å². The van der Waals surface area contributed by atoms with Crippen LogP contribution >= 0.6 is 0 Å². The summed E-state index contributed by atoms with van der Waals surface area (Å²) in [6.45, 7) is 11.2. The third-order valence-corrected chi connectivity index (χ3v) is 3.06. The molecule has 0 radical (unpaired) electrons. The SMILES string of the molecule is CCOC(=O)C(COC(=O)C(C)(C)C)(COC(C)C)C(=O)OCC. The second kappa shape index (κ2) is 9.61. The van der Waals surface area contributed by atoms with Crippen molar-refractivity contribution in [3.8, 4) is 0 Å². The van der Waals surface area contributed by atoms with E-state index in [2.05, 4.69) is 0 Å². The summed E-state index contributed by atoms with van der Waals surface area (Å²) in [5.41, 5.74) is -2.61. The molecule has 0 amide bonds. The van der Waals surface area contributed by atoms with E-state index in [0.29, 0.717) is 0 Å². The van der Waals surface area contributed by atoms with E-state index in [4.69, 9.17) is 18.9 Å². The molecule has 0 aliphatic rings. The molecule has 0 aliphatic heterocycles. The lowest BCUT2D eigenvalue weighted by molar-refractivity contribution is -0.186. The second-order valence-electron chi connectivity index (χ2n) is 6.71. The van der Waals surface area contributed by atoms with Crippen LogP contribution in [0.25, 0.3) is 0 Å². The van der Waals surface area contributed by atoms with Crippen molar-refractivity contribution >= 4 is 17.9 Å². The molecule has 0 aromatic rings. The molecule has 0 aliphatic carbocycles. The predicted octanol–water partition coefficient (Wildman–Crippen LogP) is 2.11. The van der Waals surface area contributed by atoms with E-state index in [-0.39, 0.29) is 25.9 Å². The maximum atomic E-state index is 12.5. The molecule has 0 aromatic heterocycles. The summed E-state index contributed by atoms with van der Waals surface area (Å²) in [6.07, 6.45) is -0.230. The maximum Gasteiger partial charge on any atom is 0.329 e. The minimum atomic E-state index is -1.84. The lowest BCUT2D eigenvalue weighted by Gasteiger charge is -2.30. The zero-order chi connectivity index (χ0) is 19.0. The molecular weight excluding hydrogens is 316 g/mol. The van der Waals surface area contributed by atoms with Gasteiger partial charge in [0.25, 0.3) is 0 Å². The molecule has 7 nitrogen and oxygen atoms in total. The first-order valence-electron chi connectivity index (χ1n) is 8.14. The zero-order valence-electron chi connectivity index (χ0n) is 15.8. The van der Waals surface area contributed by atoms with Gasteiger partial charge in [-0.15, -0.1) is 0 Å². The summed E-state index contributed by atoms with van der Waals surface area (Å²) < 4.78 is 20.7. The van der Waals surface area contributed by atoms with Crippen molar-refractivity contribution in [1.82, 2.24) is 0 Å². The van der Waals surface area contributed by atoms with Gasteiger partial charge in [-0.05, 0) is 48.5 Å². The first kappa shape index (κ1) is 22.4. The van der Waals surface area contributed by atoms with Gasteiger partial charge >= 0.3 is 17.9 Å². The van der Waals surface area contributed by atoms with Crippen LogP contribution in [0.15, 0.2) is 0 Å². The molecule has 0 heterocycles. The Hall–Kier alpha value is -1.63. The summed E-state index contributed by atoms with van der Waals surface area (Å²) in [5, 5.41) is 0. The van der Waals surface area contributed by atoms with E-state index in [0.717, 1.165) is 0 Å². The van der Waals surface area contributed by atoms with E-state index < -0.39 is 35.3 Å². The van der Waals surface area contributed by atoms with Gasteiger partial charge in [-0.1, -0.05) is 0 Å². The maximum absolute atomic E-state index is 12.5. The summed E-state index contributed by atoms with van der Waals surface area (Å²) in [4.78, 5) is 37.0.